The van der Waals surface area contributed by atoms with Crippen LogP contribution in [0.25, 0.3) is 0 Å². The number of hydrogen-bond donors (Lipinski definition) is 1. The fourth-order valence-corrected chi connectivity index (χ4v) is 3.88. The van der Waals surface area contributed by atoms with Crippen molar-refractivity contribution in [2.24, 2.45) is 0 Å². The first-order valence-electron chi connectivity index (χ1n) is 7.28. The van der Waals surface area contributed by atoms with Gasteiger partial charge in [-0.15, -0.1) is 0 Å². The maximum Gasteiger partial charge on any atom is 0.0695 e. The summed E-state index contributed by atoms with van der Waals surface area (Å²) in [4.78, 5) is 2.59. The van der Waals surface area contributed by atoms with Crippen LogP contribution < -0.4 is 0 Å². The minimum absolute atomic E-state index is 0.122. The van der Waals surface area contributed by atoms with Gasteiger partial charge in [-0.2, -0.15) is 0 Å². The van der Waals surface area contributed by atoms with Crippen molar-refractivity contribution in [2.45, 2.75) is 63.3 Å². The van der Waals surface area contributed by atoms with Crippen LogP contribution in [0.2, 0.25) is 0 Å². The van der Waals surface area contributed by atoms with Gasteiger partial charge in [0.15, 0.2) is 0 Å². The molecule has 2 fully saturated rings. The molecule has 1 aromatic rings. The molecule has 18 heavy (non-hydrogen) atoms. The van der Waals surface area contributed by atoms with Gasteiger partial charge in [0.2, 0.25) is 0 Å². The highest BCUT2D eigenvalue weighted by Crippen LogP contribution is 2.40. The van der Waals surface area contributed by atoms with Crippen LogP contribution >= 0.6 is 0 Å². The monoisotopic (exact) mass is 245 g/mol. The number of hydrogen-bond acceptors (Lipinski definition) is 2. The average Bonchev–Trinajstić information content (AvgIpc) is 2.74. The number of fused-ring (bicyclic) bond motifs is 2. The molecule has 0 saturated carbocycles. The lowest BCUT2D eigenvalue weighted by atomic mass is 9.99. The second kappa shape index (κ2) is 5.02. The summed E-state index contributed by atoms with van der Waals surface area (Å²) in [5.74, 6) is 0. The van der Waals surface area contributed by atoms with Crippen molar-refractivity contribution in [3.8, 4) is 0 Å². The highest BCUT2D eigenvalue weighted by atomic mass is 16.3. The van der Waals surface area contributed by atoms with E-state index in [9.17, 15) is 5.11 Å². The van der Waals surface area contributed by atoms with Crippen LogP contribution in [-0.4, -0.2) is 28.2 Å². The highest BCUT2D eigenvalue weighted by molar-refractivity contribution is 5.19. The van der Waals surface area contributed by atoms with Gasteiger partial charge in [-0.3, -0.25) is 4.90 Å². The van der Waals surface area contributed by atoms with Crippen molar-refractivity contribution in [3.63, 3.8) is 0 Å². The number of rotatable bonds is 2. The molecule has 0 radical (unpaired) electrons. The molecule has 2 bridgehead atoms. The topological polar surface area (TPSA) is 23.5 Å². The maximum absolute atomic E-state index is 10.3. The average molecular weight is 245 g/mol. The van der Waals surface area contributed by atoms with Crippen LogP contribution in [0.4, 0.5) is 0 Å². The maximum atomic E-state index is 10.3. The van der Waals surface area contributed by atoms with Gasteiger partial charge in [0, 0.05) is 18.1 Å². The predicted octanol–water partition coefficient (Wildman–Crippen LogP) is 3.13. The molecule has 0 aliphatic carbocycles. The van der Waals surface area contributed by atoms with Crippen molar-refractivity contribution in [1.82, 2.24) is 4.90 Å². The van der Waals surface area contributed by atoms with Gasteiger partial charge >= 0.3 is 0 Å². The molecule has 2 nitrogen and oxygen atoms in total. The van der Waals surface area contributed by atoms with Crippen molar-refractivity contribution in [1.29, 1.82) is 0 Å². The van der Waals surface area contributed by atoms with Gasteiger partial charge in [-0.05, 0) is 44.6 Å². The van der Waals surface area contributed by atoms with Crippen LogP contribution in [-0.2, 0) is 0 Å². The molecule has 0 unspecified atom stereocenters. The minimum Gasteiger partial charge on any atom is -0.391 e. The summed E-state index contributed by atoms with van der Waals surface area (Å²) in [6.45, 7) is 2.29. The Hall–Kier alpha value is -0.860. The Kier molecular flexibility index (Phi) is 3.40. The zero-order valence-electron chi connectivity index (χ0n) is 11.1. The zero-order valence-corrected chi connectivity index (χ0v) is 11.1. The Morgan fingerprint density at radius 1 is 1.11 bits per heavy atom. The summed E-state index contributed by atoms with van der Waals surface area (Å²) < 4.78 is 0. The van der Waals surface area contributed by atoms with E-state index >= 15 is 0 Å². The van der Waals surface area contributed by atoms with Crippen LogP contribution in [0.15, 0.2) is 30.3 Å². The fraction of sp³-hybridized carbons (Fsp3) is 0.625. The van der Waals surface area contributed by atoms with Crippen molar-refractivity contribution < 1.29 is 5.11 Å². The molecule has 1 N–H and O–H groups in total. The van der Waals surface area contributed by atoms with Gasteiger partial charge in [0.25, 0.3) is 0 Å². The van der Waals surface area contributed by atoms with E-state index in [0.29, 0.717) is 18.1 Å². The number of nitrogens with zero attached hydrogens (tertiary/aromatic N) is 1. The lowest BCUT2D eigenvalue weighted by Gasteiger charge is -2.35. The standard InChI is InChI=1S/C16H23NO/c1-12(13-6-3-2-4-7-13)17-14-8-5-9-16(18)15(17)11-10-14/h2-4,6-7,12,14-16,18H,5,8-11H2,1H3/t12-,14+,15+,16+/m1/s1. The molecular formula is C16H23NO. The summed E-state index contributed by atoms with van der Waals surface area (Å²) in [7, 11) is 0. The molecule has 98 valence electrons. The quantitative estimate of drug-likeness (QED) is 0.865. The normalized spacial score (nSPS) is 34.2. The lowest BCUT2D eigenvalue weighted by Crippen LogP contribution is -2.42. The molecule has 2 heterocycles. The Balaban J connectivity index is 1.86. The summed E-state index contributed by atoms with van der Waals surface area (Å²) in [6.07, 6.45) is 5.73. The first-order chi connectivity index (χ1) is 8.77. The third-order valence-electron chi connectivity index (χ3n) is 4.81. The van der Waals surface area contributed by atoms with Gasteiger partial charge in [0.05, 0.1) is 6.10 Å². The second-order valence-electron chi connectivity index (χ2n) is 5.83. The Morgan fingerprint density at radius 3 is 2.67 bits per heavy atom. The number of aliphatic hydroxyl groups excluding tert-OH is 1. The van der Waals surface area contributed by atoms with E-state index in [4.69, 9.17) is 0 Å². The minimum atomic E-state index is -0.122. The van der Waals surface area contributed by atoms with E-state index in [1.54, 1.807) is 0 Å². The highest BCUT2D eigenvalue weighted by Gasteiger charge is 2.41. The van der Waals surface area contributed by atoms with Crippen LogP contribution in [0, 0.1) is 0 Å². The fourth-order valence-electron chi connectivity index (χ4n) is 3.88. The molecule has 2 heteroatoms. The lowest BCUT2D eigenvalue weighted by molar-refractivity contribution is 0.0446. The molecule has 4 atom stereocenters. The van der Waals surface area contributed by atoms with E-state index in [1.165, 1.54) is 31.2 Å². The molecular weight excluding hydrogens is 222 g/mol. The van der Waals surface area contributed by atoms with Gasteiger partial charge in [-0.25, -0.2) is 0 Å². The summed E-state index contributed by atoms with van der Waals surface area (Å²) in [5.41, 5.74) is 1.38. The van der Waals surface area contributed by atoms with Gasteiger partial charge in [0.1, 0.15) is 0 Å². The van der Waals surface area contributed by atoms with Crippen LogP contribution in [0.5, 0.6) is 0 Å². The first-order valence-corrected chi connectivity index (χ1v) is 7.28. The van der Waals surface area contributed by atoms with E-state index in [0.717, 1.165) is 6.42 Å². The molecule has 2 saturated heterocycles. The first kappa shape index (κ1) is 12.2. The second-order valence-corrected chi connectivity index (χ2v) is 5.83. The van der Waals surface area contributed by atoms with Gasteiger partial charge < -0.3 is 5.11 Å². The molecule has 0 aromatic heterocycles. The SMILES string of the molecule is C[C@H](c1ccccc1)N1[C@H]2CCC[C@H](O)[C@@H]1CC2. The Morgan fingerprint density at radius 2 is 1.89 bits per heavy atom. The van der Waals surface area contributed by atoms with E-state index in [2.05, 4.69) is 42.2 Å². The smallest absolute Gasteiger partial charge is 0.0695 e. The molecule has 3 rings (SSSR count). The Labute approximate surface area is 110 Å². The van der Waals surface area contributed by atoms with Crippen molar-refractivity contribution in [2.75, 3.05) is 0 Å². The van der Waals surface area contributed by atoms with Crippen molar-refractivity contribution in [3.05, 3.63) is 35.9 Å². The van der Waals surface area contributed by atoms with E-state index in [-0.39, 0.29) is 6.10 Å². The number of benzene rings is 1. The van der Waals surface area contributed by atoms with Gasteiger partial charge in [-0.1, -0.05) is 30.3 Å². The van der Waals surface area contributed by atoms with E-state index < -0.39 is 0 Å². The van der Waals surface area contributed by atoms with E-state index in [1.807, 2.05) is 0 Å². The largest absolute Gasteiger partial charge is 0.391 e. The van der Waals surface area contributed by atoms with Crippen molar-refractivity contribution >= 4 is 0 Å². The van der Waals surface area contributed by atoms with Crippen LogP contribution in [0.3, 0.4) is 0 Å². The molecule has 0 amide bonds. The zero-order chi connectivity index (χ0) is 12.5. The number of aliphatic hydroxyl groups is 1. The molecule has 2 aliphatic rings. The molecule has 0 spiro atoms. The predicted molar refractivity (Wildman–Crippen MR) is 73.4 cm³/mol. The third-order valence-corrected chi connectivity index (χ3v) is 4.81. The summed E-state index contributed by atoms with van der Waals surface area (Å²) in [5, 5.41) is 10.3. The summed E-state index contributed by atoms with van der Waals surface area (Å²) >= 11 is 0. The molecule has 2 aliphatic heterocycles. The third kappa shape index (κ3) is 2.08. The Bertz CT molecular complexity index is 391. The summed E-state index contributed by atoms with van der Waals surface area (Å²) in [6, 6.07) is 12.2. The molecule has 1 aromatic carbocycles. The van der Waals surface area contributed by atoms with Crippen LogP contribution in [0.1, 0.15) is 50.6 Å².